The minimum atomic E-state index is -0.853. The van der Waals surface area contributed by atoms with Crippen LogP contribution in [0.15, 0.2) is 22.8 Å². The zero-order valence-corrected chi connectivity index (χ0v) is 12.0. The Balaban J connectivity index is 2.42. The molecule has 1 unspecified atom stereocenters. The van der Waals surface area contributed by atoms with Gasteiger partial charge < -0.3 is 14.8 Å². The van der Waals surface area contributed by atoms with Crippen LogP contribution in [0.2, 0.25) is 0 Å². The van der Waals surface area contributed by atoms with Gasteiger partial charge in [0.1, 0.15) is 5.76 Å². The predicted octanol–water partition coefficient (Wildman–Crippen LogP) is 1.47. The molecule has 1 atom stereocenters. The molecule has 0 fully saturated rings. The van der Waals surface area contributed by atoms with E-state index in [0.29, 0.717) is 18.8 Å². The van der Waals surface area contributed by atoms with Crippen molar-refractivity contribution >= 4 is 11.9 Å². The van der Waals surface area contributed by atoms with Crippen molar-refractivity contribution in [3.05, 3.63) is 24.2 Å². The predicted molar refractivity (Wildman–Crippen MR) is 74.1 cm³/mol. The van der Waals surface area contributed by atoms with Crippen LogP contribution in [0.3, 0.4) is 0 Å². The van der Waals surface area contributed by atoms with Gasteiger partial charge in [-0.25, -0.2) is 0 Å². The van der Waals surface area contributed by atoms with Crippen molar-refractivity contribution < 1.29 is 19.1 Å². The molecule has 1 amide bonds. The number of hydrogen-bond donors (Lipinski definition) is 2. The summed E-state index contributed by atoms with van der Waals surface area (Å²) in [6, 6.07) is 3.72. The quantitative estimate of drug-likeness (QED) is 0.716. The Kier molecular flexibility index (Phi) is 6.79. The van der Waals surface area contributed by atoms with Crippen LogP contribution in [0, 0.1) is 0 Å². The Morgan fingerprint density at radius 3 is 2.80 bits per heavy atom. The maximum Gasteiger partial charge on any atom is 0.304 e. The van der Waals surface area contributed by atoms with Gasteiger partial charge in [-0.3, -0.25) is 14.5 Å². The Labute approximate surface area is 118 Å². The molecule has 0 aliphatic rings. The smallest absolute Gasteiger partial charge is 0.304 e. The highest BCUT2D eigenvalue weighted by Crippen LogP contribution is 2.05. The number of hydrogen-bond acceptors (Lipinski definition) is 4. The topological polar surface area (TPSA) is 82.8 Å². The molecule has 20 heavy (non-hydrogen) atoms. The second-order valence-corrected chi connectivity index (χ2v) is 4.73. The van der Waals surface area contributed by atoms with E-state index >= 15 is 0 Å². The summed E-state index contributed by atoms with van der Waals surface area (Å²) in [5.41, 5.74) is 0. The second kappa shape index (κ2) is 8.37. The average molecular weight is 282 g/mol. The number of nitrogens with zero attached hydrogens (tertiary/aromatic N) is 1. The summed E-state index contributed by atoms with van der Waals surface area (Å²) in [6.45, 7) is 4.92. The molecular formula is C14H22N2O4. The van der Waals surface area contributed by atoms with E-state index in [1.807, 2.05) is 18.7 Å². The van der Waals surface area contributed by atoms with E-state index in [1.54, 1.807) is 18.4 Å². The van der Waals surface area contributed by atoms with Crippen molar-refractivity contribution in [1.82, 2.24) is 10.2 Å². The van der Waals surface area contributed by atoms with Crippen LogP contribution < -0.4 is 5.32 Å². The number of carboxylic acids is 1. The van der Waals surface area contributed by atoms with Gasteiger partial charge in [-0.05, 0) is 25.5 Å². The van der Waals surface area contributed by atoms with Crippen molar-refractivity contribution in [2.24, 2.45) is 0 Å². The SMILES string of the molecule is CCC(C)N(CCC(=O)O)CC(=O)NCc1ccco1. The van der Waals surface area contributed by atoms with Crippen LogP contribution in [0.25, 0.3) is 0 Å². The van der Waals surface area contributed by atoms with Crippen molar-refractivity contribution in [3.8, 4) is 0 Å². The molecule has 1 aromatic rings. The van der Waals surface area contributed by atoms with Gasteiger partial charge >= 0.3 is 5.97 Å². The van der Waals surface area contributed by atoms with Gasteiger partial charge in [0, 0.05) is 12.6 Å². The molecule has 0 radical (unpaired) electrons. The standard InChI is InChI=1S/C14H22N2O4/c1-3-11(2)16(7-6-14(18)19)10-13(17)15-9-12-5-4-8-20-12/h4-5,8,11H,3,6-7,9-10H2,1-2H3,(H,15,17)(H,18,19). The third kappa shape index (κ3) is 5.88. The molecule has 1 rings (SSSR count). The summed E-state index contributed by atoms with van der Waals surface area (Å²) in [4.78, 5) is 24.4. The largest absolute Gasteiger partial charge is 0.481 e. The lowest BCUT2D eigenvalue weighted by atomic mass is 10.2. The van der Waals surface area contributed by atoms with E-state index in [4.69, 9.17) is 9.52 Å². The normalized spacial score (nSPS) is 12.3. The average Bonchev–Trinajstić information content (AvgIpc) is 2.93. The van der Waals surface area contributed by atoms with E-state index in [0.717, 1.165) is 6.42 Å². The van der Waals surface area contributed by atoms with Crippen LogP contribution in [0.5, 0.6) is 0 Å². The van der Waals surface area contributed by atoms with Gasteiger partial charge in [0.15, 0.2) is 0 Å². The summed E-state index contributed by atoms with van der Waals surface area (Å²) in [5, 5.41) is 11.5. The molecule has 2 N–H and O–H groups in total. The lowest BCUT2D eigenvalue weighted by molar-refractivity contribution is -0.138. The molecule has 0 spiro atoms. The first-order valence-electron chi connectivity index (χ1n) is 6.77. The summed E-state index contributed by atoms with van der Waals surface area (Å²) in [5.74, 6) is -0.291. The summed E-state index contributed by atoms with van der Waals surface area (Å²) >= 11 is 0. The van der Waals surface area contributed by atoms with Crippen molar-refractivity contribution in [3.63, 3.8) is 0 Å². The fourth-order valence-corrected chi connectivity index (χ4v) is 1.79. The summed E-state index contributed by atoms with van der Waals surface area (Å²) in [7, 11) is 0. The first kappa shape index (κ1) is 16.2. The fourth-order valence-electron chi connectivity index (χ4n) is 1.79. The number of furan rings is 1. The summed E-state index contributed by atoms with van der Waals surface area (Å²) in [6.07, 6.45) is 2.46. The van der Waals surface area contributed by atoms with Crippen LogP contribution in [-0.4, -0.2) is 41.0 Å². The molecule has 0 aromatic carbocycles. The Hall–Kier alpha value is -1.82. The molecular weight excluding hydrogens is 260 g/mol. The van der Waals surface area contributed by atoms with Crippen LogP contribution in [0.4, 0.5) is 0 Å². The summed E-state index contributed by atoms with van der Waals surface area (Å²) < 4.78 is 5.13. The number of carbonyl (C=O) groups is 2. The highest BCUT2D eigenvalue weighted by atomic mass is 16.4. The Morgan fingerprint density at radius 1 is 1.50 bits per heavy atom. The molecule has 112 valence electrons. The second-order valence-electron chi connectivity index (χ2n) is 4.73. The molecule has 1 heterocycles. The maximum atomic E-state index is 11.9. The fraction of sp³-hybridized carbons (Fsp3) is 0.571. The number of amides is 1. The van der Waals surface area contributed by atoms with Crippen molar-refractivity contribution in [2.45, 2.75) is 39.3 Å². The van der Waals surface area contributed by atoms with Gasteiger partial charge in [-0.2, -0.15) is 0 Å². The lowest BCUT2D eigenvalue weighted by Gasteiger charge is -2.27. The van der Waals surface area contributed by atoms with E-state index in [9.17, 15) is 9.59 Å². The molecule has 6 heteroatoms. The molecule has 0 saturated carbocycles. The minimum Gasteiger partial charge on any atom is -0.481 e. The minimum absolute atomic E-state index is 0.0375. The third-order valence-electron chi connectivity index (χ3n) is 3.21. The first-order valence-corrected chi connectivity index (χ1v) is 6.77. The molecule has 0 bridgehead atoms. The number of carboxylic acid groups (broad SMARTS) is 1. The molecule has 0 aliphatic heterocycles. The molecule has 1 aromatic heterocycles. The zero-order chi connectivity index (χ0) is 15.0. The van der Waals surface area contributed by atoms with Gasteiger partial charge in [0.05, 0.1) is 25.8 Å². The van der Waals surface area contributed by atoms with Crippen molar-refractivity contribution in [1.29, 1.82) is 0 Å². The van der Waals surface area contributed by atoms with Crippen LogP contribution in [-0.2, 0) is 16.1 Å². The van der Waals surface area contributed by atoms with Crippen LogP contribution in [0.1, 0.15) is 32.4 Å². The van der Waals surface area contributed by atoms with E-state index in [2.05, 4.69) is 5.32 Å². The van der Waals surface area contributed by atoms with Crippen LogP contribution >= 0.6 is 0 Å². The van der Waals surface area contributed by atoms with Gasteiger partial charge in [0.25, 0.3) is 0 Å². The first-order chi connectivity index (χ1) is 9.52. The molecule has 0 aliphatic carbocycles. The number of carbonyl (C=O) groups excluding carboxylic acids is 1. The third-order valence-corrected chi connectivity index (χ3v) is 3.21. The van der Waals surface area contributed by atoms with Crippen molar-refractivity contribution in [2.75, 3.05) is 13.1 Å². The maximum absolute atomic E-state index is 11.9. The molecule has 6 nitrogen and oxygen atoms in total. The highest BCUT2D eigenvalue weighted by molar-refractivity contribution is 5.78. The number of aliphatic carboxylic acids is 1. The van der Waals surface area contributed by atoms with Gasteiger partial charge in [0.2, 0.25) is 5.91 Å². The van der Waals surface area contributed by atoms with Gasteiger partial charge in [-0.15, -0.1) is 0 Å². The van der Waals surface area contributed by atoms with Gasteiger partial charge in [-0.1, -0.05) is 6.92 Å². The molecule has 0 saturated heterocycles. The number of nitrogens with one attached hydrogen (secondary N) is 1. The Bertz CT molecular complexity index is 417. The number of rotatable bonds is 9. The van der Waals surface area contributed by atoms with E-state index in [-0.39, 0.29) is 24.9 Å². The lowest BCUT2D eigenvalue weighted by Crippen LogP contribution is -2.42. The monoisotopic (exact) mass is 282 g/mol. The van der Waals surface area contributed by atoms with E-state index < -0.39 is 5.97 Å². The Morgan fingerprint density at radius 2 is 2.25 bits per heavy atom. The zero-order valence-electron chi connectivity index (χ0n) is 12.0. The highest BCUT2D eigenvalue weighted by Gasteiger charge is 2.17. The van der Waals surface area contributed by atoms with E-state index in [1.165, 1.54) is 0 Å².